The molecule has 2 fully saturated rings. The lowest BCUT2D eigenvalue weighted by atomic mass is 9.65. The van der Waals surface area contributed by atoms with Gasteiger partial charge < -0.3 is 5.73 Å². The zero-order chi connectivity index (χ0) is 13.1. The summed E-state index contributed by atoms with van der Waals surface area (Å²) in [7, 11) is 0. The lowest BCUT2D eigenvalue weighted by molar-refractivity contribution is 0.145. The van der Waals surface area contributed by atoms with Gasteiger partial charge in [-0.2, -0.15) is 0 Å². The second kappa shape index (κ2) is 5.66. The SMILES string of the molecule is NC1(C2CCCCC2)CCC(c2ccccc2)CC1. The molecule has 0 atom stereocenters. The summed E-state index contributed by atoms with van der Waals surface area (Å²) in [5.74, 6) is 1.56. The van der Waals surface area contributed by atoms with Crippen molar-refractivity contribution in [2.75, 3.05) is 0 Å². The molecule has 19 heavy (non-hydrogen) atoms. The maximum atomic E-state index is 6.77. The lowest BCUT2D eigenvalue weighted by Crippen LogP contribution is -2.50. The molecule has 0 unspecified atom stereocenters. The van der Waals surface area contributed by atoms with Gasteiger partial charge in [0, 0.05) is 5.54 Å². The van der Waals surface area contributed by atoms with E-state index in [1.54, 1.807) is 0 Å². The first-order valence-electron chi connectivity index (χ1n) is 8.12. The van der Waals surface area contributed by atoms with E-state index in [-0.39, 0.29) is 5.54 Å². The van der Waals surface area contributed by atoms with E-state index in [1.165, 1.54) is 63.4 Å². The molecule has 2 aliphatic carbocycles. The van der Waals surface area contributed by atoms with Gasteiger partial charge in [-0.15, -0.1) is 0 Å². The highest BCUT2D eigenvalue weighted by molar-refractivity contribution is 5.20. The van der Waals surface area contributed by atoms with Crippen molar-refractivity contribution >= 4 is 0 Å². The second-order valence-corrected chi connectivity index (χ2v) is 6.75. The van der Waals surface area contributed by atoms with Gasteiger partial charge in [-0.1, -0.05) is 49.6 Å². The molecule has 0 heterocycles. The minimum atomic E-state index is 0.158. The van der Waals surface area contributed by atoms with Crippen LogP contribution in [0.3, 0.4) is 0 Å². The van der Waals surface area contributed by atoms with Crippen molar-refractivity contribution in [1.29, 1.82) is 0 Å². The monoisotopic (exact) mass is 257 g/mol. The predicted octanol–water partition coefficient (Wildman–Crippen LogP) is 4.62. The molecule has 2 saturated carbocycles. The molecule has 3 rings (SSSR count). The fourth-order valence-corrected chi connectivity index (χ4v) is 4.30. The van der Waals surface area contributed by atoms with E-state index in [4.69, 9.17) is 5.73 Å². The molecule has 0 aliphatic heterocycles. The maximum absolute atomic E-state index is 6.77. The van der Waals surface area contributed by atoms with Gasteiger partial charge in [0.25, 0.3) is 0 Å². The Balaban J connectivity index is 1.62. The van der Waals surface area contributed by atoms with Gasteiger partial charge in [0.05, 0.1) is 0 Å². The van der Waals surface area contributed by atoms with E-state index in [0.29, 0.717) is 0 Å². The van der Waals surface area contributed by atoms with Crippen LogP contribution in [0.1, 0.15) is 69.3 Å². The molecular formula is C18H27N. The number of hydrogen-bond donors (Lipinski definition) is 1. The first-order valence-corrected chi connectivity index (χ1v) is 8.12. The zero-order valence-electron chi connectivity index (χ0n) is 12.0. The van der Waals surface area contributed by atoms with Crippen LogP contribution in [0.5, 0.6) is 0 Å². The van der Waals surface area contributed by atoms with E-state index in [2.05, 4.69) is 30.3 Å². The molecule has 2 N–H and O–H groups in total. The van der Waals surface area contributed by atoms with Crippen LogP contribution in [-0.4, -0.2) is 5.54 Å². The van der Waals surface area contributed by atoms with E-state index in [9.17, 15) is 0 Å². The molecule has 0 amide bonds. The van der Waals surface area contributed by atoms with Crippen molar-refractivity contribution in [3.63, 3.8) is 0 Å². The molecule has 2 aliphatic rings. The summed E-state index contributed by atoms with van der Waals surface area (Å²) in [5.41, 5.74) is 8.45. The zero-order valence-corrected chi connectivity index (χ0v) is 12.0. The summed E-state index contributed by atoms with van der Waals surface area (Å²) in [5, 5.41) is 0. The largest absolute Gasteiger partial charge is 0.325 e. The van der Waals surface area contributed by atoms with E-state index in [1.807, 2.05) is 0 Å². The van der Waals surface area contributed by atoms with Crippen molar-refractivity contribution in [2.45, 2.75) is 69.2 Å². The Bertz CT molecular complexity index is 383. The summed E-state index contributed by atoms with van der Waals surface area (Å²) in [6, 6.07) is 11.0. The fraction of sp³-hybridized carbons (Fsp3) is 0.667. The lowest BCUT2D eigenvalue weighted by Gasteiger charge is -2.44. The van der Waals surface area contributed by atoms with Crippen LogP contribution in [0, 0.1) is 5.92 Å². The summed E-state index contributed by atoms with van der Waals surface area (Å²) < 4.78 is 0. The van der Waals surface area contributed by atoms with Crippen molar-refractivity contribution in [2.24, 2.45) is 11.7 Å². The topological polar surface area (TPSA) is 26.0 Å². The highest BCUT2D eigenvalue weighted by Gasteiger charge is 2.38. The summed E-state index contributed by atoms with van der Waals surface area (Å²) in [6.07, 6.45) is 12.1. The minimum absolute atomic E-state index is 0.158. The molecule has 104 valence electrons. The molecule has 1 heteroatoms. The van der Waals surface area contributed by atoms with Crippen molar-refractivity contribution in [3.05, 3.63) is 35.9 Å². The third-order valence-corrected chi connectivity index (χ3v) is 5.61. The van der Waals surface area contributed by atoms with E-state index >= 15 is 0 Å². The number of rotatable bonds is 2. The van der Waals surface area contributed by atoms with Crippen molar-refractivity contribution < 1.29 is 0 Å². The third-order valence-electron chi connectivity index (χ3n) is 5.61. The number of nitrogens with two attached hydrogens (primary N) is 1. The van der Waals surface area contributed by atoms with Crippen LogP contribution in [0.15, 0.2) is 30.3 Å². The van der Waals surface area contributed by atoms with Crippen LogP contribution in [-0.2, 0) is 0 Å². The normalized spacial score (nSPS) is 33.2. The third kappa shape index (κ3) is 2.86. The van der Waals surface area contributed by atoms with Crippen LogP contribution in [0.2, 0.25) is 0 Å². The molecular weight excluding hydrogens is 230 g/mol. The van der Waals surface area contributed by atoms with E-state index < -0.39 is 0 Å². The van der Waals surface area contributed by atoms with Gasteiger partial charge in [0.1, 0.15) is 0 Å². The average molecular weight is 257 g/mol. The summed E-state index contributed by atoms with van der Waals surface area (Å²) in [4.78, 5) is 0. The van der Waals surface area contributed by atoms with Gasteiger partial charge in [-0.05, 0) is 55.9 Å². The summed E-state index contributed by atoms with van der Waals surface area (Å²) in [6.45, 7) is 0. The first kappa shape index (κ1) is 13.2. The van der Waals surface area contributed by atoms with Gasteiger partial charge in [-0.3, -0.25) is 0 Å². The smallest absolute Gasteiger partial charge is 0.0183 e. The molecule has 0 saturated heterocycles. The van der Waals surface area contributed by atoms with Crippen LogP contribution < -0.4 is 5.73 Å². The molecule has 1 nitrogen and oxygen atoms in total. The van der Waals surface area contributed by atoms with Gasteiger partial charge in [0.15, 0.2) is 0 Å². The van der Waals surface area contributed by atoms with Gasteiger partial charge >= 0.3 is 0 Å². The second-order valence-electron chi connectivity index (χ2n) is 6.75. The van der Waals surface area contributed by atoms with Gasteiger partial charge in [-0.25, -0.2) is 0 Å². The Morgan fingerprint density at radius 2 is 1.47 bits per heavy atom. The summed E-state index contributed by atoms with van der Waals surface area (Å²) >= 11 is 0. The van der Waals surface area contributed by atoms with Crippen molar-refractivity contribution in [3.8, 4) is 0 Å². The highest BCUT2D eigenvalue weighted by Crippen LogP contribution is 2.44. The highest BCUT2D eigenvalue weighted by atomic mass is 14.8. The predicted molar refractivity (Wildman–Crippen MR) is 81.1 cm³/mol. The Morgan fingerprint density at radius 3 is 2.11 bits per heavy atom. The fourth-order valence-electron chi connectivity index (χ4n) is 4.30. The average Bonchev–Trinajstić information content (AvgIpc) is 2.50. The standard InChI is InChI=1S/C18H27N/c19-18(17-9-5-2-6-10-17)13-11-16(12-14-18)15-7-3-1-4-8-15/h1,3-4,7-8,16-17H,2,5-6,9-14,19H2. The number of benzene rings is 1. The quantitative estimate of drug-likeness (QED) is 0.822. The van der Waals surface area contributed by atoms with Crippen LogP contribution in [0.25, 0.3) is 0 Å². The molecule has 0 bridgehead atoms. The molecule has 0 radical (unpaired) electrons. The molecule has 1 aromatic carbocycles. The maximum Gasteiger partial charge on any atom is 0.0183 e. The molecule has 0 spiro atoms. The Kier molecular flexibility index (Phi) is 3.93. The Morgan fingerprint density at radius 1 is 0.842 bits per heavy atom. The minimum Gasteiger partial charge on any atom is -0.325 e. The van der Waals surface area contributed by atoms with Crippen molar-refractivity contribution in [1.82, 2.24) is 0 Å². The molecule has 0 aromatic heterocycles. The first-order chi connectivity index (χ1) is 9.28. The van der Waals surface area contributed by atoms with Crippen LogP contribution >= 0.6 is 0 Å². The van der Waals surface area contributed by atoms with E-state index in [0.717, 1.165) is 11.8 Å². The Labute approximate surface area is 117 Å². The van der Waals surface area contributed by atoms with Gasteiger partial charge in [0.2, 0.25) is 0 Å². The number of hydrogen-bond acceptors (Lipinski definition) is 1. The molecule has 1 aromatic rings. The van der Waals surface area contributed by atoms with Crippen LogP contribution in [0.4, 0.5) is 0 Å². The Hall–Kier alpha value is -0.820.